The molecule has 6 heteroatoms. The number of rotatable bonds is 3. The highest BCUT2D eigenvalue weighted by molar-refractivity contribution is 6.35. The topological polar surface area (TPSA) is 63.4 Å². The number of halogens is 2. The number of carbonyl (C=O) groups excluding carboxylic acids is 2. The largest absolute Gasteiger partial charge is 0.369 e. The molecule has 1 aromatic rings. The van der Waals surface area contributed by atoms with Crippen molar-refractivity contribution in [2.24, 2.45) is 17.6 Å². The zero-order chi connectivity index (χ0) is 15.9. The average molecular weight is 341 g/mol. The van der Waals surface area contributed by atoms with Crippen molar-refractivity contribution in [1.82, 2.24) is 4.90 Å². The van der Waals surface area contributed by atoms with Crippen LogP contribution in [0.3, 0.4) is 0 Å². The van der Waals surface area contributed by atoms with Gasteiger partial charge in [-0.1, -0.05) is 29.3 Å². The molecule has 1 saturated heterocycles. The first-order chi connectivity index (χ1) is 10.5. The first-order valence-corrected chi connectivity index (χ1v) is 8.26. The lowest BCUT2D eigenvalue weighted by atomic mass is 9.97. The molecule has 0 radical (unpaired) electrons. The maximum absolute atomic E-state index is 12.6. The molecular formula is C16H18Cl2N2O2. The third-order valence-electron chi connectivity index (χ3n) is 4.61. The molecule has 118 valence electrons. The van der Waals surface area contributed by atoms with E-state index in [0.717, 1.165) is 24.8 Å². The maximum atomic E-state index is 12.6. The molecule has 0 unspecified atom stereocenters. The number of benzene rings is 1. The van der Waals surface area contributed by atoms with Crippen molar-refractivity contribution < 1.29 is 9.59 Å². The van der Waals surface area contributed by atoms with Gasteiger partial charge in [0.15, 0.2) is 0 Å². The summed E-state index contributed by atoms with van der Waals surface area (Å²) in [7, 11) is 0. The van der Waals surface area contributed by atoms with E-state index in [9.17, 15) is 9.59 Å². The lowest BCUT2D eigenvalue weighted by Crippen LogP contribution is -2.44. The van der Waals surface area contributed by atoms with Gasteiger partial charge in [0, 0.05) is 29.1 Å². The summed E-state index contributed by atoms with van der Waals surface area (Å²) in [6, 6.07) is 5.40. The maximum Gasteiger partial charge on any atom is 0.226 e. The van der Waals surface area contributed by atoms with Crippen LogP contribution in [0, 0.1) is 11.8 Å². The zero-order valence-corrected chi connectivity index (χ0v) is 13.6. The van der Waals surface area contributed by atoms with Crippen LogP contribution in [0.15, 0.2) is 18.2 Å². The molecule has 1 aliphatic heterocycles. The van der Waals surface area contributed by atoms with Crippen LogP contribution in [0.4, 0.5) is 0 Å². The Kier molecular flexibility index (Phi) is 4.33. The number of hydrogen-bond acceptors (Lipinski definition) is 2. The molecular weight excluding hydrogens is 323 g/mol. The second-order valence-corrected chi connectivity index (χ2v) is 6.98. The van der Waals surface area contributed by atoms with E-state index >= 15 is 0 Å². The van der Waals surface area contributed by atoms with Crippen LogP contribution < -0.4 is 5.73 Å². The summed E-state index contributed by atoms with van der Waals surface area (Å²) in [4.78, 5) is 25.7. The number of hydrogen-bond donors (Lipinski definition) is 1. The molecule has 2 amide bonds. The number of likely N-dealkylation sites (tertiary alicyclic amines) is 1. The lowest BCUT2D eigenvalue weighted by molar-refractivity contribution is -0.136. The second kappa shape index (κ2) is 6.09. The number of carbonyl (C=O) groups is 2. The quantitative estimate of drug-likeness (QED) is 0.919. The number of piperidine rings is 1. The minimum absolute atomic E-state index is 0.0368. The molecule has 0 spiro atoms. The molecule has 2 fully saturated rings. The van der Waals surface area contributed by atoms with Gasteiger partial charge >= 0.3 is 0 Å². The highest BCUT2D eigenvalue weighted by atomic mass is 35.5. The van der Waals surface area contributed by atoms with Gasteiger partial charge in [0.2, 0.25) is 11.8 Å². The minimum atomic E-state index is -0.314. The smallest absolute Gasteiger partial charge is 0.226 e. The number of amides is 2. The van der Waals surface area contributed by atoms with E-state index in [4.69, 9.17) is 28.9 Å². The number of primary amides is 1. The van der Waals surface area contributed by atoms with Gasteiger partial charge in [-0.2, -0.15) is 0 Å². The van der Waals surface area contributed by atoms with Crippen molar-refractivity contribution in [2.75, 3.05) is 13.1 Å². The Bertz CT molecular complexity index is 620. The SMILES string of the molecule is NC(=O)[C@H]1CCCN(C(=O)[C@@H]2C[C@@H]2c2ccc(Cl)cc2Cl)C1. The van der Waals surface area contributed by atoms with Gasteiger partial charge in [0.1, 0.15) is 0 Å². The van der Waals surface area contributed by atoms with E-state index in [0.29, 0.717) is 23.1 Å². The Morgan fingerprint density at radius 2 is 2.05 bits per heavy atom. The van der Waals surface area contributed by atoms with Crippen molar-refractivity contribution in [3.63, 3.8) is 0 Å². The van der Waals surface area contributed by atoms with Crippen LogP contribution in [0.1, 0.15) is 30.7 Å². The van der Waals surface area contributed by atoms with Gasteiger partial charge in [-0.25, -0.2) is 0 Å². The molecule has 4 nitrogen and oxygen atoms in total. The van der Waals surface area contributed by atoms with E-state index < -0.39 is 0 Å². The van der Waals surface area contributed by atoms with Crippen molar-refractivity contribution in [3.8, 4) is 0 Å². The van der Waals surface area contributed by atoms with Gasteiger partial charge < -0.3 is 10.6 Å². The van der Waals surface area contributed by atoms with Gasteiger partial charge in [-0.15, -0.1) is 0 Å². The highest BCUT2D eigenvalue weighted by Crippen LogP contribution is 2.51. The fourth-order valence-corrected chi connectivity index (χ4v) is 3.81. The number of nitrogens with two attached hydrogens (primary N) is 1. The molecule has 3 rings (SSSR count). The van der Waals surface area contributed by atoms with Crippen molar-refractivity contribution in [2.45, 2.75) is 25.2 Å². The van der Waals surface area contributed by atoms with Gasteiger partial charge in [0.25, 0.3) is 0 Å². The first kappa shape index (κ1) is 15.6. The minimum Gasteiger partial charge on any atom is -0.369 e. The summed E-state index contributed by atoms with van der Waals surface area (Å²) in [5, 5.41) is 1.21. The van der Waals surface area contributed by atoms with Crippen LogP contribution in [0.25, 0.3) is 0 Å². The molecule has 2 N–H and O–H groups in total. The normalized spacial score (nSPS) is 27.5. The molecule has 3 atom stereocenters. The predicted octanol–water partition coefficient (Wildman–Crippen LogP) is 2.82. The first-order valence-electron chi connectivity index (χ1n) is 7.50. The Balaban J connectivity index is 1.66. The van der Waals surface area contributed by atoms with Crippen LogP contribution in [-0.2, 0) is 9.59 Å². The second-order valence-electron chi connectivity index (χ2n) is 6.14. The zero-order valence-electron chi connectivity index (χ0n) is 12.1. The molecule has 1 aromatic carbocycles. The van der Waals surface area contributed by atoms with Gasteiger partial charge in [-0.05, 0) is 42.9 Å². The van der Waals surface area contributed by atoms with Crippen LogP contribution >= 0.6 is 23.2 Å². The van der Waals surface area contributed by atoms with Crippen molar-refractivity contribution >= 4 is 35.0 Å². The van der Waals surface area contributed by atoms with E-state index in [2.05, 4.69) is 0 Å². The molecule has 0 bridgehead atoms. The Morgan fingerprint density at radius 1 is 1.27 bits per heavy atom. The molecule has 2 aliphatic rings. The van der Waals surface area contributed by atoms with E-state index in [1.165, 1.54) is 0 Å². The Labute approximate surface area is 139 Å². The summed E-state index contributed by atoms with van der Waals surface area (Å²) >= 11 is 12.1. The summed E-state index contributed by atoms with van der Waals surface area (Å²) < 4.78 is 0. The highest BCUT2D eigenvalue weighted by Gasteiger charge is 2.47. The monoisotopic (exact) mass is 340 g/mol. The lowest BCUT2D eigenvalue weighted by Gasteiger charge is -2.31. The van der Waals surface area contributed by atoms with Gasteiger partial charge in [0.05, 0.1) is 5.92 Å². The summed E-state index contributed by atoms with van der Waals surface area (Å²) in [6.45, 7) is 1.16. The van der Waals surface area contributed by atoms with E-state index in [-0.39, 0.29) is 29.6 Å². The van der Waals surface area contributed by atoms with Crippen LogP contribution in [0.5, 0.6) is 0 Å². The molecule has 1 saturated carbocycles. The summed E-state index contributed by atoms with van der Waals surface area (Å²) in [5.74, 6) is -0.293. The fraction of sp³-hybridized carbons (Fsp3) is 0.500. The van der Waals surface area contributed by atoms with Gasteiger partial charge in [-0.3, -0.25) is 9.59 Å². The summed E-state index contributed by atoms with van der Waals surface area (Å²) in [5.41, 5.74) is 6.35. The predicted molar refractivity (Wildman–Crippen MR) is 85.8 cm³/mol. The van der Waals surface area contributed by atoms with E-state index in [1.54, 1.807) is 17.0 Å². The van der Waals surface area contributed by atoms with Crippen LogP contribution in [-0.4, -0.2) is 29.8 Å². The number of nitrogens with zero attached hydrogens (tertiary/aromatic N) is 1. The standard InChI is InChI=1S/C16H18Cl2N2O2/c17-10-3-4-11(14(18)6-10)12-7-13(12)16(22)20-5-1-2-9(8-20)15(19)21/h3-4,6,9,12-13H,1-2,5,7-8H2,(H2,19,21)/t9-,12+,13+/m0/s1. The third kappa shape index (κ3) is 3.08. The molecule has 0 aromatic heterocycles. The van der Waals surface area contributed by atoms with Crippen molar-refractivity contribution in [1.29, 1.82) is 0 Å². The summed E-state index contributed by atoms with van der Waals surface area (Å²) in [6.07, 6.45) is 2.41. The van der Waals surface area contributed by atoms with Crippen LogP contribution in [0.2, 0.25) is 10.0 Å². The third-order valence-corrected chi connectivity index (χ3v) is 5.17. The Morgan fingerprint density at radius 3 is 2.73 bits per heavy atom. The Hall–Kier alpha value is -1.26. The van der Waals surface area contributed by atoms with E-state index in [1.807, 2.05) is 6.07 Å². The molecule has 22 heavy (non-hydrogen) atoms. The average Bonchev–Trinajstić information content (AvgIpc) is 3.27. The van der Waals surface area contributed by atoms with Crippen molar-refractivity contribution in [3.05, 3.63) is 33.8 Å². The molecule has 1 heterocycles. The molecule has 1 aliphatic carbocycles. The fourth-order valence-electron chi connectivity index (χ4n) is 3.26.